The minimum atomic E-state index is 0.661. The molecule has 0 bridgehead atoms. The summed E-state index contributed by atoms with van der Waals surface area (Å²) in [6.45, 7) is 3.51. The van der Waals surface area contributed by atoms with Gasteiger partial charge in [0, 0.05) is 43.3 Å². The van der Waals surface area contributed by atoms with Crippen molar-refractivity contribution in [2.75, 3.05) is 13.1 Å². The molecule has 3 fully saturated rings. The molecule has 3 heterocycles. The molecule has 1 N–H and O–H groups in total. The van der Waals surface area contributed by atoms with Crippen molar-refractivity contribution in [2.24, 2.45) is 5.41 Å². The van der Waals surface area contributed by atoms with Crippen LogP contribution in [-0.4, -0.2) is 35.1 Å². The van der Waals surface area contributed by atoms with Gasteiger partial charge in [0.1, 0.15) is 0 Å². The summed E-state index contributed by atoms with van der Waals surface area (Å²) in [5.41, 5.74) is 1.87. The topological polar surface area (TPSA) is 28.2 Å². The second-order valence-corrected chi connectivity index (χ2v) is 5.47. The van der Waals surface area contributed by atoms with E-state index in [1.54, 1.807) is 0 Å². The van der Waals surface area contributed by atoms with E-state index in [0.29, 0.717) is 5.41 Å². The molecular formula is C13H17N3. The molecule has 3 nitrogen and oxygen atoms in total. The van der Waals surface area contributed by atoms with Crippen molar-refractivity contribution in [1.29, 1.82) is 0 Å². The smallest absolute Gasteiger partial charge is 0.0544 e. The van der Waals surface area contributed by atoms with Gasteiger partial charge < -0.3 is 5.32 Å². The van der Waals surface area contributed by atoms with Crippen LogP contribution < -0.4 is 5.32 Å². The molecule has 0 amide bonds. The third kappa shape index (κ3) is 1.03. The zero-order chi connectivity index (χ0) is 10.6. The molecule has 3 atom stereocenters. The highest BCUT2D eigenvalue weighted by Crippen LogP contribution is 2.56. The van der Waals surface area contributed by atoms with Crippen molar-refractivity contribution in [3.63, 3.8) is 0 Å². The van der Waals surface area contributed by atoms with Gasteiger partial charge in [0.25, 0.3) is 0 Å². The number of rotatable bonds is 2. The average Bonchev–Trinajstić information content (AvgIpc) is 2.47. The fourth-order valence-electron chi connectivity index (χ4n) is 3.85. The predicted molar refractivity (Wildman–Crippen MR) is 61.9 cm³/mol. The van der Waals surface area contributed by atoms with Gasteiger partial charge >= 0.3 is 0 Å². The number of likely N-dealkylation sites (tertiary alicyclic amines) is 1. The van der Waals surface area contributed by atoms with Crippen molar-refractivity contribution in [3.8, 4) is 0 Å². The molecule has 2 saturated heterocycles. The fraction of sp³-hybridized carbons (Fsp3) is 0.615. The maximum absolute atomic E-state index is 4.41. The Bertz CT molecular complexity index is 405. The van der Waals surface area contributed by atoms with Gasteiger partial charge in [-0.2, -0.15) is 0 Å². The van der Waals surface area contributed by atoms with Crippen LogP contribution >= 0.6 is 0 Å². The Balaban J connectivity index is 1.49. The molecule has 1 spiro atoms. The van der Waals surface area contributed by atoms with Crippen LogP contribution in [-0.2, 0) is 6.54 Å². The summed E-state index contributed by atoms with van der Waals surface area (Å²) in [6.07, 6.45) is 4.73. The van der Waals surface area contributed by atoms with E-state index in [1.165, 1.54) is 31.6 Å². The van der Waals surface area contributed by atoms with E-state index in [2.05, 4.69) is 27.3 Å². The van der Waals surface area contributed by atoms with E-state index in [-0.39, 0.29) is 0 Å². The highest BCUT2D eigenvalue weighted by molar-refractivity contribution is 5.21. The second kappa shape index (κ2) is 3.05. The first-order valence-corrected chi connectivity index (χ1v) is 6.26. The van der Waals surface area contributed by atoms with E-state index in [4.69, 9.17) is 0 Å². The summed E-state index contributed by atoms with van der Waals surface area (Å²) in [6, 6.07) is 7.81. The van der Waals surface area contributed by atoms with E-state index in [0.717, 1.165) is 18.6 Å². The van der Waals surface area contributed by atoms with Gasteiger partial charge in [-0.15, -0.1) is 0 Å². The van der Waals surface area contributed by atoms with Gasteiger partial charge in [0.2, 0.25) is 0 Å². The minimum Gasteiger partial charge on any atom is -0.312 e. The third-order valence-electron chi connectivity index (χ3n) is 4.84. The van der Waals surface area contributed by atoms with Crippen molar-refractivity contribution in [1.82, 2.24) is 15.2 Å². The molecule has 1 aliphatic carbocycles. The van der Waals surface area contributed by atoms with Crippen LogP contribution in [0.3, 0.4) is 0 Å². The fourth-order valence-corrected chi connectivity index (χ4v) is 3.85. The summed E-state index contributed by atoms with van der Waals surface area (Å²) in [4.78, 5) is 7.00. The number of nitrogens with one attached hydrogen (secondary N) is 1. The number of pyridine rings is 1. The summed E-state index contributed by atoms with van der Waals surface area (Å²) in [5, 5.41) is 3.66. The molecule has 1 aromatic rings. The SMILES string of the molecule is c1ccc(CN2CC34CCC3NCC24)nc1. The molecular weight excluding hydrogens is 198 g/mol. The predicted octanol–water partition coefficient (Wildman–Crippen LogP) is 1.02. The molecule has 3 aliphatic rings. The van der Waals surface area contributed by atoms with Crippen molar-refractivity contribution >= 4 is 0 Å². The number of hydrogen-bond donors (Lipinski definition) is 1. The first kappa shape index (κ1) is 9.14. The van der Waals surface area contributed by atoms with Crippen LogP contribution in [0.4, 0.5) is 0 Å². The quantitative estimate of drug-likeness (QED) is 0.798. The Labute approximate surface area is 95.9 Å². The molecule has 1 aromatic heterocycles. The Kier molecular flexibility index (Phi) is 1.74. The molecule has 16 heavy (non-hydrogen) atoms. The molecule has 4 rings (SSSR count). The summed E-state index contributed by atoms with van der Waals surface area (Å²) in [7, 11) is 0. The van der Waals surface area contributed by atoms with E-state index < -0.39 is 0 Å². The Hall–Kier alpha value is -0.930. The highest BCUT2D eigenvalue weighted by atomic mass is 15.3. The van der Waals surface area contributed by atoms with Crippen LogP contribution in [0.15, 0.2) is 24.4 Å². The molecule has 0 aromatic carbocycles. The van der Waals surface area contributed by atoms with Gasteiger partial charge in [-0.25, -0.2) is 0 Å². The van der Waals surface area contributed by atoms with Gasteiger partial charge in [-0.1, -0.05) is 6.07 Å². The zero-order valence-corrected chi connectivity index (χ0v) is 9.39. The Morgan fingerprint density at radius 1 is 1.50 bits per heavy atom. The molecule has 3 heteroatoms. The molecule has 1 saturated carbocycles. The van der Waals surface area contributed by atoms with Crippen LogP contribution in [0, 0.1) is 5.41 Å². The standard InChI is InChI=1S/C13H17N3/c1-2-6-14-10(3-1)8-16-9-13-5-4-11(13)15-7-12(13)16/h1-3,6,11-12,15H,4-5,7-9H2. The average molecular weight is 215 g/mol. The lowest BCUT2D eigenvalue weighted by molar-refractivity contribution is -0.109. The van der Waals surface area contributed by atoms with Gasteiger partial charge in [0.05, 0.1) is 5.69 Å². The summed E-state index contributed by atoms with van der Waals surface area (Å²) >= 11 is 0. The van der Waals surface area contributed by atoms with Crippen molar-refractivity contribution in [2.45, 2.75) is 31.5 Å². The number of aromatic nitrogens is 1. The molecule has 84 valence electrons. The maximum Gasteiger partial charge on any atom is 0.0544 e. The minimum absolute atomic E-state index is 0.661. The number of hydrogen-bond acceptors (Lipinski definition) is 3. The normalized spacial score (nSPS) is 40.8. The second-order valence-electron chi connectivity index (χ2n) is 5.47. The van der Waals surface area contributed by atoms with Gasteiger partial charge in [-0.3, -0.25) is 9.88 Å². The monoisotopic (exact) mass is 215 g/mol. The lowest BCUT2D eigenvalue weighted by Crippen LogP contribution is -2.69. The van der Waals surface area contributed by atoms with Crippen LogP contribution in [0.5, 0.6) is 0 Å². The van der Waals surface area contributed by atoms with Crippen molar-refractivity contribution in [3.05, 3.63) is 30.1 Å². The highest BCUT2D eigenvalue weighted by Gasteiger charge is 2.64. The van der Waals surface area contributed by atoms with Crippen LogP contribution in [0.2, 0.25) is 0 Å². The first-order chi connectivity index (χ1) is 7.88. The van der Waals surface area contributed by atoms with Crippen molar-refractivity contribution < 1.29 is 0 Å². The van der Waals surface area contributed by atoms with Crippen LogP contribution in [0.25, 0.3) is 0 Å². The van der Waals surface area contributed by atoms with E-state index in [1.807, 2.05) is 12.3 Å². The lowest BCUT2D eigenvalue weighted by Gasteiger charge is -2.61. The molecule has 2 aliphatic heterocycles. The first-order valence-electron chi connectivity index (χ1n) is 6.26. The van der Waals surface area contributed by atoms with E-state index in [9.17, 15) is 0 Å². The maximum atomic E-state index is 4.41. The third-order valence-corrected chi connectivity index (χ3v) is 4.84. The summed E-state index contributed by atoms with van der Waals surface area (Å²) in [5.74, 6) is 0. The Morgan fingerprint density at radius 2 is 2.50 bits per heavy atom. The van der Waals surface area contributed by atoms with Gasteiger partial charge in [0.15, 0.2) is 0 Å². The van der Waals surface area contributed by atoms with E-state index >= 15 is 0 Å². The summed E-state index contributed by atoms with van der Waals surface area (Å²) < 4.78 is 0. The zero-order valence-electron chi connectivity index (χ0n) is 9.39. The molecule has 3 unspecified atom stereocenters. The lowest BCUT2D eigenvalue weighted by atomic mass is 9.57. The Morgan fingerprint density at radius 3 is 3.25 bits per heavy atom. The van der Waals surface area contributed by atoms with Gasteiger partial charge in [-0.05, 0) is 25.0 Å². The number of nitrogens with zero attached hydrogens (tertiary/aromatic N) is 2. The molecule has 0 radical (unpaired) electrons. The van der Waals surface area contributed by atoms with Crippen LogP contribution in [0.1, 0.15) is 18.5 Å². The largest absolute Gasteiger partial charge is 0.312 e.